The number of hydrogen-bond acceptors (Lipinski definition) is 3. The van der Waals surface area contributed by atoms with Crippen molar-refractivity contribution in [3.63, 3.8) is 0 Å². The molecule has 2 fully saturated rings. The summed E-state index contributed by atoms with van der Waals surface area (Å²) in [5, 5.41) is 17.4. The van der Waals surface area contributed by atoms with Crippen molar-refractivity contribution in [2.75, 3.05) is 0 Å². The SMILES string of the molecule is CC1(C)C(C(=O)O)C1c1cn(CC2CC2)nn1. The van der Waals surface area contributed by atoms with Crippen LogP contribution in [0.3, 0.4) is 0 Å². The van der Waals surface area contributed by atoms with Crippen molar-refractivity contribution in [1.29, 1.82) is 0 Å². The molecule has 17 heavy (non-hydrogen) atoms. The van der Waals surface area contributed by atoms with E-state index in [1.54, 1.807) is 0 Å². The first-order valence-electron chi connectivity index (χ1n) is 6.13. The maximum absolute atomic E-state index is 11.1. The lowest BCUT2D eigenvalue weighted by Gasteiger charge is -1.97. The van der Waals surface area contributed by atoms with Gasteiger partial charge >= 0.3 is 5.97 Å². The number of rotatable bonds is 4. The van der Waals surface area contributed by atoms with Gasteiger partial charge in [0.25, 0.3) is 0 Å². The molecule has 0 bridgehead atoms. The van der Waals surface area contributed by atoms with E-state index < -0.39 is 5.97 Å². The summed E-state index contributed by atoms with van der Waals surface area (Å²) >= 11 is 0. The number of nitrogens with zero attached hydrogens (tertiary/aromatic N) is 3. The van der Waals surface area contributed by atoms with E-state index >= 15 is 0 Å². The van der Waals surface area contributed by atoms with Gasteiger partial charge in [-0.05, 0) is 24.2 Å². The van der Waals surface area contributed by atoms with Crippen molar-refractivity contribution in [1.82, 2.24) is 15.0 Å². The summed E-state index contributed by atoms with van der Waals surface area (Å²) in [5.41, 5.74) is 0.648. The second-order valence-corrected chi connectivity index (χ2v) is 5.92. The molecule has 3 rings (SSSR count). The Bertz CT molecular complexity index is 462. The molecule has 1 aromatic rings. The summed E-state index contributed by atoms with van der Waals surface area (Å²) in [6, 6.07) is 0. The molecule has 2 atom stereocenters. The van der Waals surface area contributed by atoms with Crippen LogP contribution in [0, 0.1) is 17.3 Å². The Kier molecular flexibility index (Phi) is 2.09. The third-order valence-corrected chi connectivity index (χ3v) is 4.11. The van der Waals surface area contributed by atoms with E-state index in [9.17, 15) is 4.79 Å². The molecule has 5 heteroatoms. The van der Waals surface area contributed by atoms with Crippen LogP contribution in [0.2, 0.25) is 0 Å². The van der Waals surface area contributed by atoms with Gasteiger partial charge < -0.3 is 5.11 Å². The fourth-order valence-corrected chi connectivity index (χ4v) is 2.76. The number of aliphatic carboxylic acids is 1. The minimum absolute atomic E-state index is 0.0213. The van der Waals surface area contributed by atoms with Crippen LogP contribution in [0.1, 0.15) is 38.3 Å². The topological polar surface area (TPSA) is 68.0 Å². The van der Waals surface area contributed by atoms with Gasteiger partial charge in [0, 0.05) is 18.7 Å². The molecule has 1 N–H and O–H groups in total. The number of hydrogen-bond donors (Lipinski definition) is 1. The van der Waals surface area contributed by atoms with E-state index in [1.165, 1.54) is 12.8 Å². The van der Waals surface area contributed by atoms with Crippen LogP contribution in [-0.4, -0.2) is 26.1 Å². The average Bonchev–Trinajstić information content (AvgIpc) is 3.05. The van der Waals surface area contributed by atoms with Crippen LogP contribution >= 0.6 is 0 Å². The number of carbonyl (C=O) groups is 1. The van der Waals surface area contributed by atoms with Crippen molar-refractivity contribution >= 4 is 5.97 Å². The third-order valence-electron chi connectivity index (χ3n) is 4.11. The van der Waals surface area contributed by atoms with Crippen molar-refractivity contribution < 1.29 is 9.90 Å². The number of carboxylic acids is 1. The fraction of sp³-hybridized carbons (Fsp3) is 0.750. The summed E-state index contributed by atoms with van der Waals surface area (Å²) in [5.74, 6) is -0.259. The van der Waals surface area contributed by atoms with Crippen LogP contribution in [-0.2, 0) is 11.3 Å². The minimum Gasteiger partial charge on any atom is -0.481 e. The average molecular weight is 235 g/mol. The predicted molar refractivity (Wildman–Crippen MR) is 60.4 cm³/mol. The zero-order valence-corrected chi connectivity index (χ0v) is 10.1. The van der Waals surface area contributed by atoms with Gasteiger partial charge in [-0.2, -0.15) is 0 Å². The molecular weight excluding hydrogens is 218 g/mol. The Morgan fingerprint density at radius 3 is 2.82 bits per heavy atom. The molecule has 0 amide bonds. The molecule has 92 valence electrons. The van der Waals surface area contributed by atoms with Crippen LogP contribution in [0.15, 0.2) is 6.20 Å². The highest BCUT2D eigenvalue weighted by molar-refractivity contribution is 5.77. The highest BCUT2D eigenvalue weighted by atomic mass is 16.4. The van der Waals surface area contributed by atoms with Gasteiger partial charge in [-0.15, -0.1) is 5.10 Å². The van der Waals surface area contributed by atoms with Crippen LogP contribution in [0.4, 0.5) is 0 Å². The van der Waals surface area contributed by atoms with Crippen molar-refractivity contribution in [3.05, 3.63) is 11.9 Å². The first-order chi connectivity index (χ1) is 8.00. The van der Waals surface area contributed by atoms with Gasteiger partial charge in [-0.25, -0.2) is 0 Å². The zero-order valence-electron chi connectivity index (χ0n) is 10.1. The van der Waals surface area contributed by atoms with Gasteiger partial charge in [0.05, 0.1) is 11.6 Å². The monoisotopic (exact) mass is 235 g/mol. The molecule has 2 aliphatic rings. The summed E-state index contributed by atoms with van der Waals surface area (Å²) in [6.07, 6.45) is 4.48. The molecule has 0 radical (unpaired) electrons. The molecule has 1 heterocycles. The van der Waals surface area contributed by atoms with E-state index in [0.29, 0.717) is 0 Å². The van der Waals surface area contributed by atoms with E-state index in [-0.39, 0.29) is 17.3 Å². The molecule has 2 aliphatic carbocycles. The van der Waals surface area contributed by atoms with E-state index in [2.05, 4.69) is 10.3 Å². The summed E-state index contributed by atoms with van der Waals surface area (Å²) in [4.78, 5) is 11.1. The highest BCUT2D eigenvalue weighted by Crippen LogP contribution is 2.63. The molecule has 1 aromatic heterocycles. The lowest BCUT2D eigenvalue weighted by atomic mass is 10.1. The van der Waals surface area contributed by atoms with Crippen molar-refractivity contribution in [2.24, 2.45) is 17.3 Å². The molecule has 2 saturated carbocycles. The number of aromatic nitrogens is 3. The smallest absolute Gasteiger partial charge is 0.307 e. The lowest BCUT2D eigenvalue weighted by molar-refractivity contribution is -0.139. The maximum atomic E-state index is 11.1. The van der Waals surface area contributed by atoms with Gasteiger partial charge in [-0.1, -0.05) is 19.1 Å². The Labute approximate surface area is 99.8 Å². The van der Waals surface area contributed by atoms with Crippen LogP contribution < -0.4 is 0 Å². The van der Waals surface area contributed by atoms with Gasteiger partial charge in [0.15, 0.2) is 0 Å². The van der Waals surface area contributed by atoms with E-state index in [1.807, 2.05) is 24.7 Å². The standard InChI is InChI=1S/C12H17N3O2/c1-12(2)9(10(12)11(16)17)8-6-15(14-13-8)5-7-3-4-7/h6-7,9-10H,3-5H2,1-2H3,(H,16,17). The molecule has 0 aliphatic heterocycles. The second kappa shape index (κ2) is 3.31. The van der Waals surface area contributed by atoms with Gasteiger partial charge in [0.1, 0.15) is 0 Å². The van der Waals surface area contributed by atoms with Crippen molar-refractivity contribution in [3.8, 4) is 0 Å². The Morgan fingerprint density at radius 1 is 1.59 bits per heavy atom. The summed E-state index contributed by atoms with van der Waals surface area (Å²) in [6.45, 7) is 4.89. The minimum atomic E-state index is -0.725. The largest absolute Gasteiger partial charge is 0.481 e. The molecule has 5 nitrogen and oxygen atoms in total. The predicted octanol–water partition coefficient (Wildman–Crippen LogP) is 1.51. The molecule has 0 saturated heterocycles. The maximum Gasteiger partial charge on any atom is 0.307 e. The normalized spacial score (nSPS) is 30.2. The van der Waals surface area contributed by atoms with Crippen LogP contribution in [0.25, 0.3) is 0 Å². The lowest BCUT2D eigenvalue weighted by Crippen LogP contribution is -2.03. The van der Waals surface area contributed by atoms with Gasteiger partial charge in [-0.3, -0.25) is 9.48 Å². The first-order valence-corrected chi connectivity index (χ1v) is 6.13. The first kappa shape index (κ1) is 10.7. The van der Waals surface area contributed by atoms with E-state index in [0.717, 1.165) is 18.2 Å². The highest BCUT2D eigenvalue weighted by Gasteiger charge is 2.64. The Hall–Kier alpha value is -1.39. The second-order valence-electron chi connectivity index (χ2n) is 5.92. The van der Waals surface area contributed by atoms with Gasteiger partial charge in [0.2, 0.25) is 0 Å². The van der Waals surface area contributed by atoms with E-state index in [4.69, 9.17) is 5.11 Å². The summed E-state index contributed by atoms with van der Waals surface area (Å²) in [7, 11) is 0. The fourth-order valence-electron chi connectivity index (χ4n) is 2.76. The zero-order chi connectivity index (χ0) is 12.2. The molecule has 0 spiro atoms. The Balaban J connectivity index is 1.76. The Morgan fingerprint density at radius 2 is 2.29 bits per heavy atom. The van der Waals surface area contributed by atoms with Crippen LogP contribution in [0.5, 0.6) is 0 Å². The quantitative estimate of drug-likeness (QED) is 0.859. The third kappa shape index (κ3) is 1.73. The number of carboxylic acid groups (broad SMARTS) is 1. The van der Waals surface area contributed by atoms with Crippen molar-refractivity contribution in [2.45, 2.75) is 39.2 Å². The summed E-state index contributed by atoms with van der Waals surface area (Å²) < 4.78 is 1.86. The molecule has 0 aromatic carbocycles. The molecule has 2 unspecified atom stereocenters. The molecular formula is C12H17N3O2.